The van der Waals surface area contributed by atoms with Crippen molar-refractivity contribution >= 4 is 0 Å². The van der Waals surface area contributed by atoms with Crippen LogP contribution in [0.1, 0.15) is 43.9 Å². The van der Waals surface area contributed by atoms with Crippen LogP contribution < -0.4 is 4.74 Å². The first-order valence-electron chi connectivity index (χ1n) is 7.20. The maximum absolute atomic E-state index is 13.3. The molecular formula is C15H21F3N2O. The molecule has 0 N–H and O–H groups in total. The van der Waals surface area contributed by atoms with Crippen molar-refractivity contribution < 1.29 is 17.9 Å². The van der Waals surface area contributed by atoms with Crippen molar-refractivity contribution in [3.8, 4) is 5.75 Å². The second kappa shape index (κ2) is 6.22. The highest BCUT2D eigenvalue weighted by molar-refractivity contribution is 5.39. The fourth-order valence-corrected chi connectivity index (χ4v) is 2.68. The fourth-order valence-electron chi connectivity index (χ4n) is 2.68. The summed E-state index contributed by atoms with van der Waals surface area (Å²) in [4.78, 5) is 6.01. The normalized spacial score (nSPS) is 20.2. The molecule has 0 bridgehead atoms. The molecule has 0 aliphatic carbocycles. The van der Waals surface area contributed by atoms with Crippen LogP contribution in [0.5, 0.6) is 5.75 Å². The third kappa shape index (κ3) is 3.67. The standard InChI is InChI=1S/C15H21F3N2O/c1-10(2)14-13(15(16,17)18)12(6-7-19-14)21-9-11-5-4-8-20(11)3/h6-7,10-11H,4-5,8-9H2,1-3H3/t11-/m0/s1. The van der Waals surface area contributed by atoms with Crippen molar-refractivity contribution in [3.05, 3.63) is 23.5 Å². The average Bonchev–Trinajstić information content (AvgIpc) is 2.80. The van der Waals surface area contributed by atoms with Gasteiger partial charge in [0, 0.05) is 12.2 Å². The highest BCUT2D eigenvalue weighted by Gasteiger charge is 2.39. The van der Waals surface area contributed by atoms with Crippen LogP contribution in [0, 0.1) is 0 Å². The Balaban J connectivity index is 2.24. The summed E-state index contributed by atoms with van der Waals surface area (Å²) < 4.78 is 45.5. The molecule has 0 radical (unpaired) electrons. The number of rotatable bonds is 4. The monoisotopic (exact) mass is 302 g/mol. The SMILES string of the molecule is CC(C)c1nccc(OC[C@@H]2CCCN2C)c1C(F)(F)F. The molecule has 2 rings (SSSR count). The first-order valence-corrected chi connectivity index (χ1v) is 7.20. The Morgan fingerprint density at radius 1 is 1.43 bits per heavy atom. The number of likely N-dealkylation sites (N-methyl/N-ethyl adjacent to an activating group) is 1. The lowest BCUT2D eigenvalue weighted by molar-refractivity contribution is -0.140. The number of alkyl halides is 3. The number of hydrogen-bond acceptors (Lipinski definition) is 3. The summed E-state index contributed by atoms with van der Waals surface area (Å²) in [5.74, 6) is -0.416. The third-order valence-electron chi connectivity index (χ3n) is 3.88. The predicted octanol–water partition coefficient (Wildman–Crippen LogP) is 3.70. The largest absolute Gasteiger partial charge is 0.491 e. The lowest BCUT2D eigenvalue weighted by atomic mass is 10.0. The first-order chi connectivity index (χ1) is 9.80. The molecule has 1 fully saturated rings. The van der Waals surface area contributed by atoms with Crippen molar-refractivity contribution in [2.75, 3.05) is 20.2 Å². The van der Waals surface area contributed by atoms with E-state index in [-0.39, 0.29) is 30.0 Å². The Hall–Kier alpha value is -1.30. The quantitative estimate of drug-likeness (QED) is 0.848. The van der Waals surface area contributed by atoms with Gasteiger partial charge in [0.2, 0.25) is 0 Å². The van der Waals surface area contributed by atoms with Crippen molar-refractivity contribution in [2.24, 2.45) is 0 Å². The number of nitrogens with zero attached hydrogens (tertiary/aromatic N) is 2. The van der Waals surface area contributed by atoms with Crippen molar-refractivity contribution in [3.63, 3.8) is 0 Å². The number of halogens is 3. The van der Waals surface area contributed by atoms with E-state index in [1.165, 1.54) is 12.3 Å². The van der Waals surface area contributed by atoms with E-state index in [1.807, 2.05) is 7.05 Å². The van der Waals surface area contributed by atoms with E-state index in [0.29, 0.717) is 0 Å². The Morgan fingerprint density at radius 3 is 2.67 bits per heavy atom. The van der Waals surface area contributed by atoms with Crippen molar-refractivity contribution in [1.82, 2.24) is 9.88 Å². The molecule has 0 aromatic carbocycles. The van der Waals surface area contributed by atoms with Crippen molar-refractivity contribution in [2.45, 2.75) is 44.8 Å². The van der Waals surface area contributed by atoms with E-state index >= 15 is 0 Å². The van der Waals surface area contributed by atoms with Crippen LogP contribution >= 0.6 is 0 Å². The number of ether oxygens (including phenoxy) is 1. The van der Waals surface area contributed by atoms with E-state index in [2.05, 4.69) is 9.88 Å². The minimum Gasteiger partial charge on any atom is -0.491 e. The Labute approximate surface area is 123 Å². The fraction of sp³-hybridized carbons (Fsp3) is 0.667. The van der Waals surface area contributed by atoms with Crippen molar-refractivity contribution in [1.29, 1.82) is 0 Å². The number of aromatic nitrogens is 1. The minimum absolute atomic E-state index is 0.0415. The highest BCUT2D eigenvalue weighted by atomic mass is 19.4. The summed E-state index contributed by atoms with van der Waals surface area (Å²) in [7, 11) is 1.97. The Bertz CT molecular complexity index is 488. The summed E-state index contributed by atoms with van der Waals surface area (Å²) >= 11 is 0. The van der Waals surface area contributed by atoms with Gasteiger partial charge >= 0.3 is 6.18 Å². The maximum Gasteiger partial charge on any atom is 0.421 e. The van der Waals surface area contributed by atoms with Gasteiger partial charge < -0.3 is 9.64 Å². The van der Waals surface area contributed by atoms with E-state index in [4.69, 9.17) is 4.74 Å². The number of pyridine rings is 1. The van der Waals surface area contributed by atoms with Gasteiger partial charge in [0.1, 0.15) is 17.9 Å². The zero-order valence-corrected chi connectivity index (χ0v) is 12.6. The molecule has 118 valence electrons. The molecule has 1 aliphatic heterocycles. The van der Waals surface area contributed by atoms with Gasteiger partial charge in [0.25, 0.3) is 0 Å². The molecule has 0 amide bonds. The molecule has 1 atom stereocenters. The smallest absolute Gasteiger partial charge is 0.421 e. The second-order valence-electron chi connectivity index (χ2n) is 5.81. The summed E-state index contributed by atoms with van der Waals surface area (Å²) in [6.45, 7) is 4.65. The Morgan fingerprint density at radius 2 is 2.14 bits per heavy atom. The average molecular weight is 302 g/mol. The first kappa shape index (κ1) is 16.1. The van der Waals surface area contributed by atoms with Crippen LogP contribution in [0.2, 0.25) is 0 Å². The van der Waals surface area contributed by atoms with Crippen LogP contribution in [0.4, 0.5) is 13.2 Å². The van der Waals surface area contributed by atoms with Gasteiger partial charge in [-0.1, -0.05) is 13.8 Å². The van der Waals surface area contributed by atoms with Crippen LogP contribution in [-0.2, 0) is 6.18 Å². The predicted molar refractivity (Wildman–Crippen MR) is 74.5 cm³/mol. The lowest BCUT2D eigenvalue weighted by Gasteiger charge is -2.22. The maximum atomic E-state index is 13.3. The van der Waals surface area contributed by atoms with Gasteiger partial charge in [-0.3, -0.25) is 4.98 Å². The van der Waals surface area contributed by atoms with Gasteiger partial charge in [-0.25, -0.2) is 0 Å². The molecule has 1 saturated heterocycles. The Kier molecular flexibility index (Phi) is 4.76. The van der Waals surface area contributed by atoms with Gasteiger partial charge in [-0.15, -0.1) is 0 Å². The molecule has 6 heteroatoms. The van der Waals surface area contributed by atoms with Crippen LogP contribution in [0.3, 0.4) is 0 Å². The lowest BCUT2D eigenvalue weighted by Crippen LogP contribution is -2.31. The van der Waals surface area contributed by atoms with E-state index in [0.717, 1.165) is 19.4 Å². The van der Waals surface area contributed by atoms with Crippen LogP contribution in [0.25, 0.3) is 0 Å². The molecule has 1 aromatic heterocycles. The van der Waals surface area contributed by atoms with Gasteiger partial charge in [0.15, 0.2) is 0 Å². The van der Waals surface area contributed by atoms with E-state index < -0.39 is 11.7 Å². The second-order valence-corrected chi connectivity index (χ2v) is 5.81. The molecule has 0 saturated carbocycles. The zero-order chi connectivity index (χ0) is 15.6. The molecule has 1 aromatic rings. The third-order valence-corrected chi connectivity index (χ3v) is 3.88. The summed E-state index contributed by atoms with van der Waals surface area (Å²) in [5, 5.41) is 0. The molecule has 21 heavy (non-hydrogen) atoms. The summed E-state index contributed by atoms with van der Waals surface area (Å²) in [5.41, 5.74) is -0.694. The topological polar surface area (TPSA) is 25.4 Å². The van der Waals surface area contributed by atoms with E-state index in [9.17, 15) is 13.2 Å². The molecular weight excluding hydrogens is 281 g/mol. The minimum atomic E-state index is -4.45. The summed E-state index contributed by atoms with van der Waals surface area (Å²) in [6, 6.07) is 1.49. The van der Waals surface area contributed by atoms with Crippen LogP contribution in [-0.4, -0.2) is 36.1 Å². The molecule has 0 unspecified atom stereocenters. The molecule has 3 nitrogen and oxygen atoms in total. The molecule has 0 spiro atoms. The van der Waals surface area contributed by atoms with Crippen LogP contribution in [0.15, 0.2) is 12.3 Å². The summed E-state index contributed by atoms with van der Waals surface area (Å²) in [6.07, 6.45) is -1.05. The van der Waals surface area contributed by atoms with Gasteiger partial charge in [0.05, 0.1) is 5.69 Å². The highest BCUT2D eigenvalue weighted by Crippen LogP contribution is 2.40. The van der Waals surface area contributed by atoms with Gasteiger partial charge in [-0.2, -0.15) is 13.2 Å². The molecule has 1 aliphatic rings. The molecule has 2 heterocycles. The number of likely N-dealkylation sites (tertiary alicyclic amines) is 1. The number of hydrogen-bond donors (Lipinski definition) is 0. The zero-order valence-electron chi connectivity index (χ0n) is 12.6. The van der Waals surface area contributed by atoms with Gasteiger partial charge in [-0.05, 0) is 38.4 Å². The van der Waals surface area contributed by atoms with E-state index in [1.54, 1.807) is 13.8 Å².